The lowest BCUT2D eigenvalue weighted by molar-refractivity contribution is 0.311. The minimum Gasteiger partial charge on any atom is -0.416 e. The highest BCUT2D eigenvalue weighted by molar-refractivity contribution is 7.99. The summed E-state index contributed by atoms with van der Waals surface area (Å²) in [5.41, 5.74) is 0. The molecule has 0 fully saturated rings. The Kier molecular flexibility index (Phi) is 5.22. The van der Waals surface area contributed by atoms with Gasteiger partial charge in [-0.25, -0.2) is 4.98 Å². The minimum absolute atomic E-state index is 0.294. The van der Waals surface area contributed by atoms with Gasteiger partial charge in [-0.2, -0.15) is 0 Å². The van der Waals surface area contributed by atoms with Gasteiger partial charge in [-0.15, -0.1) is 11.8 Å². The lowest BCUT2D eigenvalue weighted by Gasteiger charge is -2.36. The van der Waals surface area contributed by atoms with E-state index in [-0.39, 0.29) is 0 Å². The van der Waals surface area contributed by atoms with Gasteiger partial charge in [-0.05, 0) is 30.3 Å². The zero-order chi connectivity index (χ0) is 12.9. The van der Waals surface area contributed by atoms with Crippen LogP contribution >= 0.6 is 11.8 Å². The van der Waals surface area contributed by atoms with Gasteiger partial charge in [0.15, 0.2) is 8.32 Å². The van der Waals surface area contributed by atoms with Crippen molar-refractivity contribution in [2.24, 2.45) is 0 Å². The molecule has 1 rings (SSSR count). The SMILES string of the molecule is CC(C)(C)[Si](C)(C)OCCSc1ccccn1. The van der Waals surface area contributed by atoms with E-state index in [1.807, 2.05) is 24.4 Å². The number of pyridine rings is 1. The number of rotatable bonds is 5. The average Bonchev–Trinajstić information content (AvgIpc) is 2.24. The summed E-state index contributed by atoms with van der Waals surface area (Å²) in [5, 5.41) is 1.37. The number of nitrogens with zero attached hydrogens (tertiary/aromatic N) is 1. The van der Waals surface area contributed by atoms with E-state index in [1.54, 1.807) is 11.8 Å². The van der Waals surface area contributed by atoms with E-state index in [0.29, 0.717) is 5.04 Å². The number of hydrogen-bond donors (Lipinski definition) is 0. The van der Waals surface area contributed by atoms with Gasteiger partial charge in [0, 0.05) is 18.6 Å². The van der Waals surface area contributed by atoms with Crippen LogP contribution in [0.4, 0.5) is 0 Å². The van der Waals surface area contributed by atoms with Crippen molar-refractivity contribution >= 4 is 20.1 Å². The molecule has 0 unspecified atom stereocenters. The lowest BCUT2D eigenvalue weighted by Crippen LogP contribution is -2.41. The minimum atomic E-state index is -1.58. The van der Waals surface area contributed by atoms with Crippen molar-refractivity contribution in [3.8, 4) is 0 Å². The van der Waals surface area contributed by atoms with Crippen LogP contribution in [-0.2, 0) is 4.43 Å². The van der Waals surface area contributed by atoms with Gasteiger partial charge in [0.05, 0.1) is 5.03 Å². The van der Waals surface area contributed by atoms with Crippen molar-refractivity contribution < 1.29 is 4.43 Å². The molecule has 2 nitrogen and oxygen atoms in total. The lowest BCUT2D eigenvalue weighted by atomic mass is 10.2. The fourth-order valence-electron chi connectivity index (χ4n) is 1.09. The Labute approximate surface area is 110 Å². The number of thioether (sulfide) groups is 1. The van der Waals surface area contributed by atoms with E-state index in [4.69, 9.17) is 4.43 Å². The van der Waals surface area contributed by atoms with Crippen molar-refractivity contribution in [2.75, 3.05) is 12.4 Å². The molecule has 0 aliphatic carbocycles. The van der Waals surface area contributed by atoms with Crippen LogP contribution in [0.3, 0.4) is 0 Å². The van der Waals surface area contributed by atoms with Gasteiger partial charge in [-0.3, -0.25) is 0 Å². The molecule has 17 heavy (non-hydrogen) atoms. The third kappa shape index (κ3) is 4.82. The summed E-state index contributed by atoms with van der Waals surface area (Å²) >= 11 is 1.76. The highest BCUT2D eigenvalue weighted by Gasteiger charge is 2.36. The Balaban J connectivity index is 2.30. The molecule has 0 atom stereocenters. The molecule has 0 aliphatic rings. The third-order valence-electron chi connectivity index (χ3n) is 3.24. The third-order valence-corrected chi connectivity index (χ3v) is 8.69. The maximum Gasteiger partial charge on any atom is 0.192 e. The first kappa shape index (κ1) is 14.7. The Morgan fingerprint density at radius 1 is 1.29 bits per heavy atom. The Hall–Kier alpha value is -0.323. The molecule has 0 aliphatic heterocycles. The van der Waals surface area contributed by atoms with Crippen LogP contribution in [0, 0.1) is 0 Å². The predicted octanol–water partition coefficient (Wildman–Crippen LogP) is 4.20. The van der Waals surface area contributed by atoms with Crippen LogP contribution in [0.1, 0.15) is 20.8 Å². The molecular formula is C13H23NOSSi. The molecule has 0 aromatic carbocycles. The topological polar surface area (TPSA) is 22.1 Å². The molecule has 0 bridgehead atoms. The van der Waals surface area contributed by atoms with Crippen LogP contribution in [0.15, 0.2) is 29.4 Å². The van der Waals surface area contributed by atoms with Gasteiger partial charge in [0.1, 0.15) is 0 Å². The van der Waals surface area contributed by atoms with Crippen molar-refractivity contribution in [3.63, 3.8) is 0 Å². The van der Waals surface area contributed by atoms with E-state index in [0.717, 1.165) is 17.4 Å². The molecule has 0 N–H and O–H groups in total. The Morgan fingerprint density at radius 2 is 2.00 bits per heavy atom. The Morgan fingerprint density at radius 3 is 2.53 bits per heavy atom. The van der Waals surface area contributed by atoms with E-state index < -0.39 is 8.32 Å². The van der Waals surface area contributed by atoms with Crippen molar-refractivity contribution in [2.45, 2.75) is 43.9 Å². The molecule has 1 aromatic rings. The van der Waals surface area contributed by atoms with E-state index >= 15 is 0 Å². The van der Waals surface area contributed by atoms with Crippen molar-refractivity contribution in [1.82, 2.24) is 4.98 Å². The summed E-state index contributed by atoms with van der Waals surface area (Å²) in [4.78, 5) is 4.28. The second-order valence-electron chi connectivity index (χ2n) is 5.63. The monoisotopic (exact) mass is 269 g/mol. The molecule has 0 saturated carbocycles. The van der Waals surface area contributed by atoms with Gasteiger partial charge in [0.25, 0.3) is 0 Å². The van der Waals surface area contributed by atoms with Crippen LogP contribution < -0.4 is 0 Å². The molecule has 1 heterocycles. The van der Waals surface area contributed by atoms with Crippen LogP contribution in [0.5, 0.6) is 0 Å². The average molecular weight is 269 g/mol. The second-order valence-corrected chi connectivity index (χ2v) is 11.5. The molecule has 1 aromatic heterocycles. The summed E-state index contributed by atoms with van der Waals surface area (Å²) in [7, 11) is -1.58. The maximum absolute atomic E-state index is 6.11. The summed E-state index contributed by atoms with van der Waals surface area (Å²) in [6, 6.07) is 6.00. The largest absolute Gasteiger partial charge is 0.416 e. The molecular weight excluding hydrogens is 246 g/mol. The molecule has 0 amide bonds. The summed E-state index contributed by atoms with van der Waals surface area (Å²) in [5.74, 6) is 0.976. The highest BCUT2D eigenvalue weighted by Crippen LogP contribution is 2.36. The smallest absolute Gasteiger partial charge is 0.192 e. The maximum atomic E-state index is 6.11. The van der Waals surface area contributed by atoms with Crippen LogP contribution in [0.25, 0.3) is 0 Å². The highest BCUT2D eigenvalue weighted by atomic mass is 32.2. The van der Waals surface area contributed by atoms with E-state index in [2.05, 4.69) is 38.8 Å². The van der Waals surface area contributed by atoms with Crippen LogP contribution in [-0.4, -0.2) is 25.7 Å². The summed E-state index contributed by atoms with van der Waals surface area (Å²) in [6.07, 6.45) is 1.83. The Bertz CT molecular complexity index is 335. The molecule has 4 heteroatoms. The fraction of sp³-hybridized carbons (Fsp3) is 0.615. The molecule has 96 valence electrons. The zero-order valence-electron chi connectivity index (χ0n) is 11.5. The fourth-order valence-corrected chi connectivity index (χ4v) is 2.97. The predicted molar refractivity (Wildman–Crippen MR) is 78.1 cm³/mol. The summed E-state index contributed by atoms with van der Waals surface area (Å²) in [6.45, 7) is 12.2. The molecule has 0 spiro atoms. The van der Waals surface area contributed by atoms with Crippen molar-refractivity contribution in [1.29, 1.82) is 0 Å². The number of hydrogen-bond acceptors (Lipinski definition) is 3. The summed E-state index contributed by atoms with van der Waals surface area (Å²) < 4.78 is 6.11. The first-order valence-corrected chi connectivity index (χ1v) is 9.90. The van der Waals surface area contributed by atoms with Gasteiger partial charge in [0.2, 0.25) is 0 Å². The quantitative estimate of drug-likeness (QED) is 0.454. The standard InChI is InChI=1S/C13H23NOSSi/c1-13(2,3)17(4,5)15-10-11-16-12-8-6-7-9-14-12/h6-9H,10-11H2,1-5H3. The second kappa shape index (κ2) is 6.02. The first-order chi connectivity index (χ1) is 7.83. The molecule has 0 saturated heterocycles. The van der Waals surface area contributed by atoms with Gasteiger partial charge in [-0.1, -0.05) is 26.8 Å². The van der Waals surface area contributed by atoms with Gasteiger partial charge < -0.3 is 4.43 Å². The van der Waals surface area contributed by atoms with E-state index in [9.17, 15) is 0 Å². The van der Waals surface area contributed by atoms with E-state index in [1.165, 1.54) is 0 Å². The zero-order valence-corrected chi connectivity index (χ0v) is 13.3. The molecule has 0 radical (unpaired) electrons. The first-order valence-electron chi connectivity index (χ1n) is 6.01. The normalized spacial score (nSPS) is 12.8. The van der Waals surface area contributed by atoms with Crippen molar-refractivity contribution in [3.05, 3.63) is 24.4 Å². The van der Waals surface area contributed by atoms with Crippen LogP contribution in [0.2, 0.25) is 18.1 Å². The number of aromatic nitrogens is 1. The van der Waals surface area contributed by atoms with Gasteiger partial charge >= 0.3 is 0 Å².